The molecule has 6 nitrogen and oxygen atoms in total. The molecule has 0 aliphatic carbocycles. The van der Waals surface area contributed by atoms with Gasteiger partial charge in [0, 0.05) is 25.7 Å². The summed E-state index contributed by atoms with van der Waals surface area (Å²) >= 11 is 0. The van der Waals surface area contributed by atoms with E-state index in [1.54, 1.807) is 0 Å². The number of nitrogens with zero attached hydrogens (tertiary/aromatic N) is 1. The lowest BCUT2D eigenvalue weighted by Crippen LogP contribution is -2.54. The standard InChI is InChI=1S/C9H18N2O4S/c1-7-6-11(5-4-10-7)16(13,14)8(2)9(12)15-3/h7-8,10H,4-6H2,1-3H3/t7-,8?/m1/s1. The second-order valence-electron chi connectivity index (χ2n) is 3.92. The summed E-state index contributed by atoms with van der Waals surface area (Å²) in [7, 11) is -2.40. The Hall–Kier alpha value is -0.660. The van der Waals surface area contributed by atoms with Crippen LogP contribution in [0.15, 0.2) is 0 Å². The van der Waals surface area contributed by atoms with Crippen molar-refractivity contribution >= 4 is 16.0 Å². The predicted molar refractivity (Wildman–Crippen MR) is 59.4 cm³/mol. The molecule has 0 aromatic heterocycles. The van der Waals surface area contributed by atoms with Gasteiger partial charge in [-0.15, -0.1) is 0 Å². The lowest BCUT2D eigenvalue weighted by Gasteiger charge is -2.32. The summed E-state index contributed by atoms with van der Waals surface area (Å²) < 4.78 is 29.9. The smallest absolute Gasteiger partial charge is 0.325 e. The van der Waals surface area contributed by atoms with E-state index in [1.807, 2.05) is 6.92 Å². The molecule has 0 aromatic carbocycles. The molecule has 1 aliphatic heterocycles. The molecule has 1 rings (SSSR count). The van der Waals surface area contributed by atoms with E-state index in [-0.39, 0.29) is 6.04 Å². The summed E-state index contributed by atoms with van der Waals surface area (Å²) in [6.45, 7) is 4.66. The molecule has 0 bridgehead atoms. The lowest BCUT2D eigenvalue weighted by molar-refractivity contribution is -0.139. The highest BCUT2D eigenvalue weighted by Crippen LogP contribution is 2.12. The molecule has 7 heteroatoms. The van der Waals surface area contributed by atoms with Gasteiger partial charge in [-0.1, -0.05) is 0 Å². The van der Waals surface area contributed by atoms with Crippen molar-refractivity contribution in [3.8, 4) is 0 Å². The molecule has 2 atom stereocenters. The second-order valence-corrected chi connectivity index (χ2v) is 6.18. The lowest BCUT2D eigenvalue weighted by atomic mass is 10.3. The van der Waals surface area contributed by atoms with Crippen LogP contribution >= 0.6 is 0 Å². The van der Waals surface area contributed by atoms with Crippen LogP contribution in [0.3, 0.4) is 0 Å². The summed E-state index contributed by atoms with van der Waals surface area (Å²) in [5.41, 5.74) is 0. The number of carbonyl (C=O) groups is 1. The van der Waals surface area contributed by atoms with Gasteiger partial charge in [-0.3, -0.25) is 4.79 Å². The van der Waals surface area contributed by atoms with E-state index in [2.05, 4.69) is 10.1 Å². The van der Waals surface area contributed by atoms with Crippen LogP contribution in [0, 0.1) is 0 Å². The number of hydrogen-bond donors (Lipinski definition) is 1. The molecule has 1 saturated heterocycles. The Balaban J connectivity index is 2.80. The van der Waals surface area contributed by atoms with Gasteiger partial charge in [0.2, 0.25) is 10.0 Å². The Labute approximate surface area is 96.0 Å². The zero-order chi connectivity index (χ0) is 12.3. The van der Waals surface area contributed by atoms with E-state index >= 15 is 0 Å². The van der Waals surface area contributed by atoms with Gasteiger partial charge in [-0.2, -0.15) is 4.31 Å². The Morgan fingerprint density at radius 3 is 2.69 bits per heavy atom. The maximum absolute atomic E-state index is 12.0. The third kappa shape index (κ3) is 2.72. The van der Waals surface area contributed by atoms with E-state index in [1.165, 1.54) is 18.3 Å². The number of piperazine rings is 1. The fraction of sp³-hybridized carbons (Fsp3) is 0.889. The molecule has 0 radical (unpaired) electrons. The Bertz CT molecular complexity index is 355. The highest BCUT2D eigenvalue weighted by Gasteiger charge is 2.36. The molecule has 1 fully saturated rings. The highest BCUT2D eigenvalue weighted by molar-refractivity contribution is 7.90. The summed E-state index contributed by atoms with van der Waals surface area (Å²) in [6.07, 6.45) is 0. The fourth-order valence-corrected chi connectivity index (χ4v) is 3.20. The quantitative estimate of drug-likeness (QED) is 0.662. The van der Waals surface area contributed by atoms with Gasteiger partial charge in [-0.25, -0.2) is 8.42 Å². The minimum absolute atomic E-state index is 0.105. The molecular weight excluding hydrogens is 232 g/mol. The monoisotopic (exact) mass is 250 g/mol. The molecule has 0 saturated carbocycles. The number of ether oxygens (including phenoxy) is 1. The Morgan fingerprint density at radius 1 is 1.56 bits per heavy atom. The van der Waals surface area contributed by atoms with Crippen LogP contribution in [-0.2, 0) is 19.6 Å². The first kappa shape index (κ1) is 13.4. The van der Waals surface area contributed by atoms with Crippen LogP contribution in [0.5, 0.6) is 0 Å². The summed E-state index contributed by atoms with van der Waals surface area (Å²) in [5, 5.41) is 2.01. The van der Waals surface area contributed by atoms with E-state index in [4.69, 9.17) is 0 Å². The summed E-state index contributed by atoms with van der Waals surface area (Å²) in [4.78, 5) is 11.2. The number of hydrogen-bond acceptors (Lipinski definition) is 5. The van der Waals surface area contributed by atoms with Gasteiger partial charge in [-0.05, 0) is 13.8 Å². The van der Waals surface area contributed by atoms with Crippen molar-refractivity contribution in [3.05, 3.63) is 0 Å². The van der Waals surface area contributed by atoms with E-state index in [0.717, 1.165) is 0 Å². The van der Waals surface area contributed by atoms with Gasteiger partial charge < -0.3 is 10.1 Å². The van der Waals surface area contributed by atoms with E-state index < -0.39 is 21.2 Å². The van der Waals surface area contributed by atoms with Gasteiger partial charge in [0.1, 0.15) is 0 Å². The Morgan fingerprint density at radius 2 is 2.19 bits per heavy atom. The number of esters is 1. The molecule has 0 amide bonds. The zero-order valence-corrected chi connectivity index (χ0v) is 10.6. The second kappa shape index (κ2) is 5.11. The third-order valence-corrected chi connectivity index (χ3v) is 4.81. The average molecular weight is 250 g/mol. The molecule has 0 spiro atoms. The maximum atomic E-state index is 12.0. The van der Waals surface area contributed by atoms with Gasteiger partial charge in [0.05, 0.1) is 7.11 Å². The van der Waals surface area contributed by atoms with Crippen molar-refractivity contribution in [2.75, 3.05) is 26.7 Å². The molecule has 1 aliphatic rings. The predicted octanol–water partition coefficient (Wildman–Crippen LogP) is -0.829. The minimum atomic E-state index is -3.59. The van der Waals surface area contributed by atoms with Crippen LogP contribution in [-0.4, -0.2) is 56.7 Å². The average Bonchev–Trinajstić information content (AvgIpc) is 2.27. The van der Waals surface area contributed by atoms with Gasteiger partial charge in [0.25, 0.3) is 0 Å². The topological polar surface area (TPSA) is 75.7 Å². The number of sulfonamides is 1. The summed E-state index contributed by atoms with van der Waals surface area (Å²) in [5.74, 6) is -0.716. The van der Waals surface area contributed by atoms with Crippen LogP contribution in [0.25, 0.3) is 0 Å². The number of rotatable bonds is 3. The third-order valence-electron chi connectivity index (χ3n) is 2.67. The number of carbonyl (C=O) groups excluding carboxylic acids is 1. The van der Waals surface area contributed by atoms with Gasteiger partial charge in [0.15, 0.2) is 5.25 Å². The van der Waals surface area contributed by atoms with E-state index in [0.29, 0.717) is 19.6 Å². The van der Waals surface area contributed by atoms with Crippen molar-refractivity contribution < 1.29 is 17.9 Å². The van der Waals surface area contributed by atoms with Crippen LogP contribution < -0.4 is 5.32 Å². The minimum Gasteiger partial charge on any atom is -0.468 e. The van der Waals surface area contributed by atoms with E-state index in [9.17, 15) is 13.2 Å². The largest absolute Gasteiger partial charge is 0.468 e. The molecule has 1 heterocycles. The molecule has 1 N–H and O–H groups in total. The maximum Gasteiger partial charge on any atom is 0.325 e. The SMILES string of the molecule is COC(=O)C(C)S(=O)(=O)N1CCN[C@H](C)C1. The van der Waals surface area contributed by atoms with Crippen molar-refractivity contribution in [1.29, 1.82) is 0 Å². The molecule has 0 aromatic rings. The fourth-order valence-electron chi connectivity index (χ4n) is 1.64. The highest BCUT2D eigenvalue weighted by atomic mass is 32.2. The first-order chi connectivity index (χ1) is 7.39. The van der Waals surface area contributed by atoms with Crippen molar-refractivity contribution in [3.63, 3.8) is 0 Å². The first-order valence-electron chi connectivity index (χ1n) is 5.19. The number of nitrogens with one attached hydrogen (secondary N) is 1. The molecule has 16 heavy (non-hydrogen) atoms. The summed E-state index contributed by atoms with van der Waals surface area (Å²) in [6, 6.07) is 0.105. The zero-order valence-electron chi connectivity index (χ0n) is 9.76. The van der Waals surface area contributed by atoms with Crippen LogP contribution in [0.4, 0.5) is 0 Å². The van der Waals surface area contributed by atoms with Crippen molar-refractivity contribution in [2.45, 2.75) is 25.1 Å². The first-order valence-corrected chi connectivity index (χ1v) is 6.70. The van der Waals surface area contributed by atoms with Crippen LogP contribution in [0.2, 0.25) is 0 Å². The van der Waals surface area contributed by atoms with Crippen LogP contribution in [0.1, 0.15) is 13.8 Å². The normalized spacial score (nSPS) is 25.1. The van der Waals surface area contributed by atoms with Crippen molar-refractivity contribution in [2.24, 2.45) is 0 Å². The van der Waals surface area contributed by atoms with Crippen molar-refractivity contribution in [1.82, 2.24) is 9.62 Å². The molecule has 1 unspecified atom stereocenters. The molecule has 94 valence electrons. The number of methoxy groups -OCH3 is 1. The van der Waals surface area contributed by atoms with Gasteiger partial charge >= 0.3 is 5.97 Å². The Kier molecular flexibility index (Phi) is 4.28. The molecular formula is C9H18N2O4S.